The highest BCUT2D eigenvalue weighted by Crippen LogP contribution is 2.19. The lowest BCUT2D eigenvalue weighted by Gasteiger charge is -2.24. The van der Waals surface area contributed by atoms with Crippen molar-refractivity contribution in [2.45, 2.75) is 18.9 Å². The number of aromatic nitrogens is 5. The van der Waals surface area contributed by atoms with Gasteiger partial charge in [0.25, 0.3) is 0 Å². The predicted molar refractivity (Wildman–Crippen MR) is 83.5 cm³/mol. The maximum Gasteiger partial charge on any atom is 0.154 e. The molecular weight excluding hydrogens is 278 g/mol. The van der Waals surface area contributed by atoms with E-state index in [-0.39, 0.29) is 0 Å². The first kappa shape index (κ1) is 13.1. The van der Waals surface area contributed by atoms with Crippen LogP contribution in [0.15, 0.2) is 36.9 Å². The maximum atomic E-state index is 4.66. The minimum absolute atomic E-state index is 0.401. The van der Waals surface area contributed by atoms with E-state index < -0.39 is 0 Å². The van der Waals surface area contributed by atoms with Gasteiger partial charge in [-0.3, -0.25) is 4.98 Å². The molecule has 7 heteroatoms. The number of fused-ring (bicyclic) bond motifs is 1. The van der Waals surface area contributed by atoms with Gasteiger partial charge in [-0.05, 0) is 31.5 Å². The second-order valence-corrected chi connectivity index (χ2v) is 5.41. The molecule has 22 heavy (non-hydrogen) atoms. The second-order valence-electron chi connectivity index (χ2n) is 5.41. The Balaban J connectivity index is 1.63. The van der Waals surface area contributed by atoms with Crippen molar-refractivity contribution < 1.29 is 0 Å². The predicted octanol–water partition coefficient (Wildman–Crippen LogP) is 1.35. The van der Waals surface area contributed by atoms with Crippen LogP contribution in [-0.2, 0) is 0 Å². The number of piperidine rings is 1. The number of rotatable bonds is 3. The average molecular weight is 295 g/mol. The minimum atomic E-state index is 0.401. The third-order valence-corrected chi connectivity index (χ3v) is 3.82. The van der Waals surface area contributed by atoms with Crippen LogP contribution in [0.3, 0.4) is 0 Å². The molecule has 112 valence electrons. The normalized spacial score (nSPS) is 18.5. The van der Waals surface area contributed by atoms with Crippen LogP contribution in [0.1, 0.15) is 12.8 Å². The van der Waals surface area contributed by atoms with Gasteiger partial charge in [0.1, 0.15) is 17.2 Å². The van der Waals surface area contributed by atoms with Gasteiger partial charge in [-0.15, -0.1) is 0 Å². The topological polar surface area (TPSA) is 80.0 Å². The Morgan fingerprint density at radius 1 is 1.27 bits per heavy atom. The van der Waals surface area contributed by atoms with E-state index >= 15 is 0 Å². The first-order chi connectivity index (χ1) is 10.9. The number of imidazole rings is 1. The summed E-state index contributed by atoms with van der Waals surface area (Å²) in [6, 6.07) is 4.18. The van der Waals surface area contributed by atoms with Crippen LogP contribution in [-0.4, -0.2) is 43.7 Å². The Hall–Kier alpha value is -2.54. The molecule has 3 aromatic heterocycles. The lowest BCUT2D eigenvalue weighted by Crippen LogP contribution is -2.38. The van der Waals surface area contributed by atoms with Crippen molar-refractivity contribution in [3.8, 4) is 11.4 Å². The van der Waals surface area contributed by atoms with E-state index in [0.29, 0.717) is 6.04 Å². The maximum absolute atomic E-state index is 4.66. The molecule has 0 bridgehead atoms. The van der Waals surface area contributed by atoms with Gasteiger partial charge in [0.05, 0.1) is 18.6 Å². The van der Waals surface area contributed by atoms with Crippen molar-refractivity contribution in [1.29, 1.82) is 0 Å². The summed E-state index contributed by atoms with van der Waals surface area (Å²) in [7, 11) is 0. The first-order valence-corrected chi connectivity index (χ1v) is 7.48. The Bertz CT molecular complexity index is 776. The molecule has 0 aromatic carbocycles. The fourth-order valence-electron chi connectivity index (χ4n) is 2.75. The van der Waals surface area contributed by atoms with Crippen molar-refractivity contribution in [1.82, 2.24) is 29.9 Å². The monoisotopic (exact) mass is 295 g/mol. The molecule has 1 fully saturated rings. The highest BCUT2D eigenvalue weighted by Gasteiger charge is 2.14. The van der Waals surface area contributed by atoms with Crippen LogP contribution in [0.5, 0.6) is 0 Å². The molecule has 7 nitrogen and oxygen atoms in total. The lowest BCUT2D eigenvalue weighted by atomic mass is 10.1. The van der Waals surface area contributed by atoms with Gasteiger partial charge in [-0.2, -0.15) is 5.10 Å². The molecule has 0 aliphatic carbocycles. The Labute approximate surface area is 127 Å². The zero-order chi connectivity index (χ0) is 14.8. The Kier molecular flexibility index (Phi) is 3.40. The zero-order valence-corrected chi connectivity index (χ0v) is 12.1. The molecule has 3 aromatic rings. The van der Waals surface area contributed by atoms with Crippen LogP contribution in [0.4, 0.5) is 5.82 Å². The summed E-state index contributed by atoms with van der Waals surface area (Å²) in [5.74, 6) is 0.789. The average Bonchev–Trinajstić information content (AvgIpc) is 3.00. The number of hydrogen-bond acceptors (Lipinski definition) is 6. The summed E-state index contributed by atoms with van der Waals surface area (Å²) >= 11 is 0. The summed E-state index contributed by atoms with van der Waals surface area (Å²) in [5, 5.41) is 11.2. The van der Waals surface area contributed by atoms with Crippen LogP contribution < -0.4 is 10.6 Å². The Morgan fingerprint density at radius 2 is 2.27 bits per heavy atom. The molecule has 2 N–H and O–H groups in total. The fraction of sp³-hybridized carbons (Fsp3) is 0.333. The summed E-state index contributed by atoms with van der Waals surface area (Å²) < 4.78 is 1.77. The van der Waals surface area contributed by atoms with Gasteiger partial charge >= 0.3 is 0 Å². The van der Waals surface area contributed by atoms with Crippen molar-refractivity contribution in [2.24, 2.45) is 0 Å². The molecule has 0 spiro atoms. The Morgan fingerprint density at radius 3 is 3.18 bits per heavy atom. The molecule has 1 aliphatic heterocycles. The molecule has 0 amide bonds. The van der Waals surface area contributed by atoms with E-state index in [9.17, 15) is 0 Å². The van der Waals surface area contributed by atoms with Crippen LogP contribution in [0.2, 0.25) is 0 Å². The smallest absolute Gasteiger partial charge is 0.154 e. The minimum Gasteiger partial charge on any atom is -0.365 e. The standard InChI is InChI=1S/C15H17N7/c1-3-11(7-16-5-1)20-14-10-17-8-12(21-14)13-9-18-15-4-2-6-19-22(13)15/h2,4,6,8-11,16H,1,3,5,7H2,(H,20,21)/t11-/m1/s1. The SMILES string of the molecule is c1cnn2c(-c3cncc(N[C@@H]4CCCNC4)n3)cnc2c1. The van der Waals surface area contributed by atoms with E-state index in [4.69, 9.17) is 0 Å². The van der Waals surface area contributed by atoms with E-state index in [1.54, 1.807) is 29.3 Å². The summed E-state index contributed by atoms with van der Waals surface area (Å²) in [4.78, 5) is 13.3. The molecule has 0 unspecified atom stereocenters. The zero-order valence-electron chi connectivity index (χ0n) is 12.1. The number of nitrogens with zero attached hydrogens (tertiary/aromatic N) is 5. The van der Waals surface area contributed by atoms with E-state index in [2.05, 4.69) is 30.7 Å². The van der Waals surface area contributed by atoms with Crippen molar-refractivity contribution in [2.75, 3.05) is 18.4 Å². The molecule has 1 saturated heterocycles. The van der Waals surface area contributed by atoms with Crippen molar-refractivity contribution in [3.63, 3.8) is 0 Å². The summed E-state index contributed by atoms with van der Waals surface area (Å²) in [6.07, 6.45) is 9.34. The van der Waals surface area contributed by atoms with E-state index in [1.807, 2.05) is 12.1 Å². The lowest BCUT2D eigenvalue weighted by molar-refractivity contribution is 0.479. The number of hydrogen-bond donors (Lipinski definition) is 2. The third-order valence-electron chi connectivity index (χ3n) is 3.82. The van der Waals surface area contributed by atoms with Gasteiger partial charge in [-0.25, -0.2) is 14.5 Å². The molecular formula is C15H17N7. The molecule has 4 heterocycles. The van der Waals surface area contributed by atoms with Crippen LogP contribution in [0, 0.1) is 0 Å². The van der Waals surface area contributed by atoms with Crippen molar-refractivity contribution >= 4 is 11.5 Å². The van der Waals surface area contributed by atoms with Gasteiger partial charge in [0.2, 0.25) is 0 Å². The highest BCUT2D eigenvalue weighted by atomic mass is 15.3. The highest BCUT2D eigenvalue weighted by molar-refractivity contribution is 5.59. The second kappa shape index (κ2) is 5.69. The van der Waals surface area contributed by atoms with Crippen LogP contribution in [0.25, 0.3) is 17.0 Å². The van der Waals surface area contributed by atoms with Gasteiger partial charge in [0, 0.05) is 18.8 Å². The third kappa shape index (κ3) is 2.50. The molecule has 0 saturated carbocycles. The largest absolute Gasteiger partial charge is 0.365 e. The van der Waals surface area contributed by atoms with E-state index in [0.717, 1.165) is 42.4 Å². The molecule has 4 rings (SSSR count). The quantitative estimate of drug-likeness (QED) is 0.759. The van der Waals surface area contributed by atoms with Gasteiger partial charge in [-0.1, -0.05) is 0 Å². The fourth-order valence-corrected chi connectivity index (χ4v) is 2.75. The molecule has 1 atom stereocenters. The number of anilines is 1. The molecule has 0 radical (unpaired) electrons. The summed E-state index contributed by atoms with van der Waals surface area (Å²) in [5.41, 5.74) is 2.41. The van der Waals surface area contributed by atoms with E-state index in [1.165, 1.54) is 6.42 Å². The van der Waals surface area contributed by atoms with Gasteiger partial charge in [0.15, 0.2) is 5.65 Å². The van der Waals surface area contributed by atoms with Gasteiger partial charge < -0.3 is 10.6 Å². The first-order valence-electron chi connectivity index (χ1n) is 7.48. The van der Waals surface area contributed by atoms with Crippen molar-refractivity contribution in [3.05, 3.63) is 36.9 Å². The number of nitrogens with one attached hydrogen (secondary N) is 2. The molecule has 1 aliphatic rings. The van der Waals surface area contributed by atoms with Crippen LogP contribution >= 0.6 is 0 Å². The summed E-state index contributed by atoms with van der Waals surface area (Å²) in [6.45, 7) is 2.06.